The van der Waals surface area contributed by atoms with Gasteiger partial charge in [-0.3, -0.25) is 4.79 Å². The zero-order chi connectivity index (χ0) is 28.4. The Morgan fingerprint density at radius 3 is 2.33 bits per heavy atom. The number of hydrogen-bond donors (Lipinski definition) is 1. The van der Waals surface area contributed by atoms with Crippen LogP contribution in [-0.2, 0) is 21.4 Å². The molecule has 0 aromatic heterocycles. The summed E-state index contributed by atoms with van der Waals surface area (Å²) in [6, 6.07) is 8.26. The molecule has 2 fully saturated rings. The van der Waals surface area contributed by atoms with E-state index in [4.69, 9.17) is 0 Å². The molecule has 9 heteroatoms. The third kappa shape index (κ3) is 9.48. The number of nitrogens with one attached hydrogen (secondary N) is 1. The number of nitrogens with zero attached hydrogens (tertiary/aromatic N) is 3. The summed E-state index contributed by atoms with van der Waals surface area (Å²) in [7, 11) is -3.52. The number of benzene rings is 1. The Morgan fingerprint density at radius 1 is 1.05 bits per heavy atom. The topological polar surface area (TPSA) is 90.0 Å². The van der Waals surface area contributed by atoms with E-state index in [9.17, 15) is 18.0 Å². The van der Waals surface area contributed by atoms with E-state index in [0.717, 1.165) is 24.0 Å². The van der Waals surface area contributed by atoms with Gasteiger partial charge in [-0.05, 0) is 62.5 Å². The van der Waals surface area contributed by atoms with Crippen LogP contribution in [0.2, 0.25) is 0 Å². The second kappa shape index (κ2) is 15.0. The standard InChI is InChI=1S/C30H50N4O4S/c1-5-21-39(37,38)33(20-15-24(2)3)23-29(35)34(22-26-12-10-9-11-25(26)4)28-16-18-32(19-17-28)30(36)31-27-13-7-6-8-14-27/h9-12,24,27-28H,5-8,13-23H2,1-4H3,(H,31,36). The second-order valence-corrected chi connectivity index (χ2v) is 13.9. The summed E-state index contributed by atoms with van der Waals surface area (Å²) in [6.07, 6.45) is 8.29. The summed E-state index contributed by atoms with van der Waals surface area (Å²) in [5.41, 5.74) is 2.17. The van der Waals surface area contributed by atoms with Crippen molar-refractivity contribution >= 4 is 22.0 Å². The normalized spacial score (nSPS) is 17.5. The molecule has 1 saturated carbocycles. The molecular weight excluding hydrogens is 512 g/mol. The van der Waals surface area contributed by atoms with E-state index in [0.29, 0.717) is 57.8 Å². The first kappa shape index (κ1) is 31.4. The number of aryl methyl sites for hydroxylation is 1. The van der Waals surface area contributed by atoms with Crippen LogP contribution in [0.1, 0.15) is 89.7 Å². The van der Waals surface area contributed by atoms with E-state index in [1.54, 1.807) is 0 Å². The number of amides is 3. The number of likely N-dealkylation sites (tertiary alicyclic amines) is 1. The molecule has 3 rings (SSSR count). The van der Waals surface area contributed by atoms with Crippen molar-refractivity contribution in [2.24, 2.45) is 5.92 Å². The van der Waals surface area contributed by atoms with Gasteiger partial charge in [-0.15, -0.1) is 0 Å². The van der Waals surface area contributed by atoms with Gasteiger partial charge in [-0.25, -0.2) is 13.2 Å². The van der Waals surface area contributed by atoms with E-state index in [1.165, 1.54) is 23.6 Å². The molecule has 0 bridgehead atoms. The number of urea groups is 1. The van der Waals surface area contributed by atoms with Crippen LogP contribution in [0, 0.1) is 12.8 Å². The number of hydrogen-bond acceptors (Lipinski definition) is 4. The van der Waals surface area contributed by atoms with Crippen molar-refractivity contribution in [2.45, 2.75) is 104 Å². The fourth-order valence-electron chi connectivity index (χ4n) is 5.63. The van der Waals surface area contributed by atoms with Crippen LogP contribution in [0.15, 0.2) is 24.3 Å². The largest absolute Gasteiger partial charge is 0.335 e. The van der Waals surface area contributed by atoms with Crippen molar-refractivity contribution in [1.29, 1.82) is 0 Å². The van der Waals surface area contributed by atoms with Gasteiger partial charge in [0, 0.05) is 38.3 Å². The maximum Gasteiger partial charge on any atom is 0.317 e. The molecule has 1 aliphatic heterocycles. The predicted molar refractivity (Wildman–Crippen MR) is 157 cm³/mol. The van der Waals surface area contributed by atoms with Crippen molar-refractivity contribution in [2.75, 3.05) is 31.9 Å². The van der Waals surface area contributed by atoms with E-state index >= 15 is 0 Å². The van der Waals surface area contributed by atoms with Crippen molar-refractivity contribution in [1.82, 2.24) is 19.4 Å². The smallest absolute Gasteiger partial charge is 0.317 e. The van der Waals surface area contributed by atoms with Crippen LogP contribution in [0.25, 0.3) is 0 Å². The SMILES string of the molecule is CCCS(=O)(=O)N(CCC(C)C)CC(=O)N(Cc1ccccc1C)C1CCN(C(=O)NC2CCCCC2)CC1. The van der Waals surface area contributed by atoms with Crippen molar-refractivity contribution < 1.29 is 18.0 Å². The van der Waals surface area contributed by atoms with E-state index < -0.39 is 10.0 Å². The lowest BCUT2D eigenvalue weighted by Gasteiger charge is -2.40. The number of piperidine rings is 1. The molecule has 39 heavy (non-hydrogen) atoms. The monoisotopic (exact) mass is 562 g/mol. The van der Waals surface area contributed by atoms with E-state index in [-0.39, 0.29) is 36.3 Å². The molecule has 0 atom stereocenters. The average Bonchev–Trinajstić information content (AvgIpc) is 2.91. The minimum Gasteiger partial charge on any atom is -0.335 e. The van der Waals surface area contributed by atoms with Gasteiger partial charge in [0.1, 0.15) is 0 Å². The summed E-state index contributed by atoms with van der Waals surface area (Å²) < 4.78 is 27.6. The van der Waals surface area contributed by atoms with Crippen LogP contribution < -0.4 is 5.32 Å². The quantitative estimate of drug-likeness (QED) is 0.392. The maximum absolute atomic E-state index is 13.9. The number of carbonyl (C=O) groups is 2. The minimum atomic E-state index is -3.52. The molecule has 1 aromatic rings. The van der Waals surface area contributed by atoms with Gasteiger partial charge >= 0.3 is 6.03 Å². The molecule has 3 amide bonds. The van der Waals surface area contributed by atoms with Crippen molar-refractivity contribution in [3.8, 4) is 0 Å². The zero-order valence-corrected chi connectivity index (χ0v) is 25.3. The summed E-state index contributed by atoms with van der Waals surface area (Å²) in [4.78, 5) is 30.5. The van der Waals surface area contributed by atoms with Gasteiger partial charge in [0.2, 0.25) is 15.9 Å². The molecule has 1 N–H and O–H groups in total. The van der Waals surface area contributed by atoms with Crippen molar-refractivity contribution in [3.63, 3.8) is 0 Å². The Labute approximate surface area is 236 Å². The van der Waals surface area contributed by atoms with Gasteiger partial charge in [0.05, 0.1) is 12.3 Å². The molecule has 1 saturated heterocycles. The Bertz CT molecular complexity index is 1030. The molecular formula is C30H50N4O4S. The number of sulfonamides is 1. The molecule has 0 radical (unpaired) electrons. The fourth-order valence-corrected chi connectivity index (χ4v) is 7.10. The van der Waals surface area contributed by atoms with Crippen LogP contribution >= 0.6 is 0 Å². The third-order valence-corrected chi connectivity index (χ3v) is 10.2. The molecule has 0 unspecified atom stereocenters. The highest BCUT2D eigenvalue weighted by atomic mass is 32.2. The lowest BCUT2D eigenvalue weighted by molar-refractivity contribution is -0.135. The predicted octanol–water partition coefficient (Wildman–Crippen LogP) is 4.92. The summed E-state index contributed by atoms with van der Waals surface area (Å²) >= 11 is 0. The first-order chi connectivity index (χ1) is 18.6. The first-order valence-corrected chi connectivity index (χ1v) is 16.6. The summed E-state index contributed by atoms with van der Waals surface area (Å²) in [5.74, 6) is 0.225. The number of carbonyl (C=O) groups excluding carboxylic acids is 2. The Kier molecular flexibility index (Phi) is 12.1. The number of rotatable bonds is 12. The zero-order valence-electron chi connectivity index (χ0n) is 24.5. The molecule has 1 aliphatic carbocycles. The van der Waals surface area contributed by atoms with E-state index in [1.807, 2.05) is 47.9 Å². The summed E-state index contributed by atoms with van der Waals surface area (Å²) in [5, 5.41) is 3.21. The molecule has 2 aliphatic rings. The Balaban J connectivity index is 1.73. The van der Waals surface area contributed by atoms with Crippen LogP contribution in [-0.4, -0.2) is 78.5 Å². The Hall–Kier alpha value is -2.13. The van der Waals surface area contributed by atoms with E-state index in [2.05, 4.69) is 19.2 Å². The van der Waals surface area contributed by atoms with Crippen LogP contribution in [0.3, 0.4) is 0 Å². The molecule has 0 spiro atoms. The lowest BCUT2D eigenvalue weighted by Crippen LogP contribution is -2.54. The van der Waals surface area contributed by atoms with Crippen LogP contribution in [0.5, 0.6) is 0 Å². The molecule has 8 nitrogen and oxygen atoms in total. The minimum absolute atomic E-state index is 0.00245. The van der Waals surface area contributed by atoms with Gasteiger partial charge in [-0.2, -0.15) is 4.31 Å². The van der Waals surface area contributed by atoms with Gasteiger partial charge in [0.15, 0.2) is 0 Å². The van der Waals surface area contributed by atoms with Gasteiger partial charge < -0.3 is 15.1 Å². The average molecular weight is 563 g/mol. The highest BCUT2D eigenvalue weighted by molar-refractivity contribution is 7.89. The first-order valence-electron chi connectivity index (χ1n) is 15.0. The highest BCUT2D eigenvalue weighted by Gasteiger charge is 2.33. The fraction of sp³-hybridized carbons (Fsp3) is 0.733. The van der Waals surface area contributed by atoms with Crippen LogP contribution in [0.4, 0.5) is 4.79 Å². The molecule has 1 heterocycles. The Morgan fingerprint density at radius 2 is 1.72 bits per heavy atom. The highest BCUT2D eigenvalue weighted by Crippen LogP contribution is 2.23. The van der Waals surface area contributed by atoms with Gasteiger partial charge in [-0.1, -0.05) is 64.3 Å². The third-order valence-electron chi connectivity index (χ3n) is 8.17. The molecule has 1 aromatic carbocycles. The van der Waals surface area contributed by atoms with Gasteiger partial charge in [0.25, 0.3) is 0 Å². The molecule has 220 valence electrons. The second-order valence-electron chi connectivity index (χ2n) is 11.8. The maximum atomic E-state index is 13.9. The van der Waals surface area contributed by atoms with Crippen molar-refractivity contribution in [3.05, 3.63) is 35.4 Å². The lowest BCUT2D eigenvalue weighted by atomic mass is 9.95. The summed E-state index contributed by atoms with van der Waals surface area (Å²) in [6.45, 7) is 9.85.